The normalized spacial score (nSPS) is 10.3. The minimum absolute atomic E-state index is 0.331. The molecule has 0 unspecified atom stereocenters. The number of nitrogens with two attached hydrogens (primary N) is 2. The Morgan fingerprint density at radius 3 is 1.13 bits per heavy atom. The van der Waals surface area contributed by atoms with Gasteiger partial charge < -0.3 is 20.9 Å². The Morgan fingerprint density at radius 1 is 0.500 bits per heavy atom. The summed E-state index contributed by atoms with van der Waals surface area (Å²) in [4.78, 5) is 25.0. The van der Waals surface area contributed by atoms with E-state index in [4.69, 9.17) is 31.5 Å². The highest BCUT2D eigenvalue weighted by Crippen LogP contribution is 2.31. The largest absolute Gasteiger partial charge is 0.426 e. The van der Waals surface area contributed by atoms with Crippen molar-refractivity contribution in [3.05, 3.63) is 156 Å². The van der Waals surface area contributed by atoms with E-state index in [2.05, 4.69) is 36.4 Å². The molecule has 4 N–H and O–H groups in total. The zero-order valence-corrected chi connectivity index (χ0v) is 30.2. The first kappa shape index (κ1) is 38.4. The van der Waals surface area contributed by atoms with Crippen LogP contribution in [-0.4, -0.2) is 25.0 Å². The number of carbonyl (C=O) groups is 2. The molecule has 268 valence electrons. The Labute approximate surface area is 315 Å². The molecule has 54 heavy (non-hydrogen) atoms. The Kier molecular flexibility index (Phi) is 13.2. The Bertz CT molecular complexity index is 2140. The summed E-state index contributed by atoms with van der Waals surface area (Å²) >= 11 is 0. The average Bonchev–Trinajstić information content (AvgIpc) is 3.19. The van der Waals surface area contributed by atoms with Crippen LogP contribution in [0, 0.1) is 36.5 Å². The summed E-state index contributed by atoms with van der Waals surface area (Å²) in [6.45, 7) is 5.52. The quantitative estimate of drug-likeness (QED) is 0.0811. The molecule has 0 spiro atoms. The van der Waals surface area contributed by atoms with Crippen LogP contribution < -0.4 is 20.9 Å². The summed E-state index contributed by atoms with van der Waals surface area (Å²) in [5.74, 6) is -0.765. The van der Waals surface area contributed by atoms with Crippen LogP contribution in [0.1, 0.15) is 35.1 Å². The summed E-state index contributed by atoms with van der Waals surface area (Å²) in [6, 6.07) is 45.9. The van der Waals surface area contributed by atoms with Crippen molar-refractivity contribution in [2.45, 2.75) is 26.7 Å². The molecule has 0 saturated heterocycles. The maximum atomic E-state index is 12.5. The molecular weight excluding hydrogens is 673 g/mol. The Morgan fingerprint density at radius 2 is 0.833 bits per heavy atom. The number of hydrogen-bond donors (Lipinski definition) is 2. The van der Waals surface area contributed by atoms with E-state index in [0.29, 0.717) is 22.6 Å². The molecule has 6 aromatic rings. The predicted molar refractivity (Wildman–Crippen MR) is 212 cm³/mol. The van der Waals surface area contributed by atoms with E-state index in [0.717, 1.165) is 75.1 Å². The maximum Gasteiger partial charge on any atom is 0.322 e. The third kappa shape index (κ3) is 10.1. The van der Waals surface area contributed by atoms with Gasteiger partial charge in [-0.15, -0.1) is 0 Å². The zero-order valence-electron chi connectivity index (χ0n) is 30.2. The van der Waals surface area contributed by atoms with Crippen LogP contribution in [0.5, 0.6) is 11.5 Å². The van der Waals surface area contributed by atoms with Gasteiger partial charge in [0.2, 0.25) is 0 Å². The summed E-state index contributed by atoms with van der Waals surface area (Å²) in [5.41, 5.74) is 21.7. The Hall–Kier alpha value is -6.84. The molecule has 6 aromatic carbocycles. The number of nitriles is 2. The van der Waals surface area contributed by atoms with Crippen LogP contribution in [-0.2, 0) is 9.59 Å². The first-order valence-electron chi connectivity index (χ1n) is 17.5. The van der Waals surface area contributed by atoms with Crippen LogP contribution >= 0.6 is 0 Å². The minimum Gasteiger partial charge on any atom is -0.426 e. The number of esters is 2. The first-order chi connectivity index (χ1) is 26.2. The molecular formula is C46H40N4O4. The highest BCUT2D eigenvalue weighted by atomic mass is 16.6. The molecule has 8 heteroatoms. The lowest BCUT2D eigenvalue weighted by Crippen LogP contribution is -2.18. The Balaban J connectivity index is 0.00000105. The van der Waals surface area contributed by atoms with Crippen LogP contribution in [0.3, 0.4) is 0 Å². The fourth-order valence-electron chi connectivity index (χ4n) is 5.78. The van der Waals surface area contributed by atoms with Gasteiger partial charge in [0, 0.05) is 0 Å². The highest BCUT2D eigenvalue weighted by molar-refractivity contribution is 5.93. The van der Waals surface area contributed by atoms with Gasteiger partial charge in [-0.2, -0.15) is 10.5 Å². The van der Waals surface area contributed by atoms with Gasteiger partial charge in [-0.1, -0.05) is 84.9 Å². The van der Waals surface area contributed by atoms with E-state index < -0.39 is 18.4 Å². The average molecular weight is 713 g/mol. The van der Waals surface area contributed by atoms with Gasteiger partial charge in [-0.25, -0.2) is 0 Å². The highest BCUT2D eigenvalue weighted by Gasteiger charge is 2.15. The zero-order chi connectivity index (χ0) is 38.5. The molecule has 0 bridgehead atoms. The van der Waals surface area contributed by atoms with Gasteiger partial charge in [-0.05, 0) is 138 Å². The summed E-state index contributed by atoms with van der Waals surface area (Å²) in [6.07, 6.45) is 0.412. The van der Waals surface area contributed by atoms with Crippen molar-refractivity contribution in [1.29, 1.82) is 10.5 Å². The van der Waals surface area contributed by atoms with Crippen LogP contribution in [0.4, 0.5) is 0 Å². The molecule has 0 amide bonds. The lowest BCUT2D eigenvalue weighted by atomic mass is 9.95. The van der Waals surface area contributed by atoms with Crippen molar-refractivity contribution >= 4 is 11.9 Å². The van der Waals surface area contributed by atoms with Crippen molar-refractivity contribution in [3.63, 3.8) is 0 Å². The molecule has 6 rings (SSSR count). The standard InChI is InChI=1S/C43H30N2O4.C3H10N2/c1-28-23-36(15-21-40(28)34-7-3-30(26-44)4-8-34)32-11-17-38(18-12-32)48-42(46)25-43(47)49-39-19-13-33(14-20-39)37-16-22-41(29(2)24-37)35-9-5-31(27-45)6-10-35;4-2-1-3-5/h3-24H,25H2,1-2H3;1-5H2. The molecule has 0 fully saturated rings. The van der Waals surface area contributed by atoms with Gasteiger partial charge in [-0.3, -0.25) is 9.59 Å². The number of carbonyl (C=O) groups excluding carboxylic acids is 2. The van der Waals surface area contributed by atoms with Gasteiger partial charge in [0.1, 0.15) is 17.9 Å². The van der Waals surface area contributed by atoms with E-state index in [1.165, 1.54) is 0 Å². The second-order valence-corrected chi connectivity index (χ2v) is 12.5. The molecule has 0 aliphatic carbocycles. The SMILES string of the molecule is Cc1cc(-c2ccc(OC(=O)CC(=O)Oc3ccc(-c4ccc(-c5ccc(C#N)cc5)c(C)c4)cc3)cc2)ccc1-c1ccc(C#N)cc1.NCCCN. The van der Waals surface area contributed by atoms with E-state index in [1.54, 1.807) is 24.3 Å². The maximum absolute atomic E-state index is 12.5. The van der Waals surface area contributed by atoms with E-state index in [9.17, 15) is 9.59 Å². The topological polar surface area (TPSA) is 152 Å². The van der Waals surface area contributed by atoms with E-state index >= 15 is 0 Å². The summed E-state index contributed by atoms with van der Waals surface area (Å²) < 4.78 is 10.8. The monoisotopic (exact) mass is 712 g/mol. The first-order valence-corrected chi connectivity index (χ1v) is 17.5. The predicted octanol–water partition coefficient (Wildman–Crippen LogP) is 8.91. The van der Waals surface area contributed by atoms with Crippen molar-refractivity contribution in [2.24, 2.45) is 11.5 Å². The van der Waals surface area contributed by atoms with Gasteiger partial charge in [0.15, 0.2) is 0 Å². The number of nitrogens with zero attached hydrogens (tertiary/aromatic N) is 2. The second kappa shape index (κ2) is 18.6. The fraction of sp³-hybridized carbons (Fsp3) is 0.130. The minimum atomic E-state index is -0.713. The third-order valence-electron chi connectivity index (χ3n) is 8.64. The fourth-order valence-corrected chi connectivity index (χ4v) is 5.78. The van der Waals surface area contributed by atoms with Crippen molar-refractivity contribution < 1.29 is 19.1 Å². The molecule has 8 nitrogen and oxygen atoms in total. The van der Waals surface area contributed by atoms with Crippen LogP contribution in [0.25, 0.3) is 44.5 Å². The number of hydrogen-bond acceptors (Lipinski definition) is 8. The summed E-state index contributed by atoms with van der Waals surface area (Å²) in [7, 11) is 0. The molecule has 0 radical (unpaired) electrons. The molecule has 0 aliphatic heterocycles. The second-order valence-electron chi connectivity index (χ2n) is 12.5. The smallest absolute Gasteiger partial charge is 0.322 e. The van der Waals surface area contributed by atoms with Gasteiger partial charge in [0.25, 0.3) is 0 Å². The summed E-state index contributed by atoms with van der Waals surface area (Å²) in [5, 5.41) is 18.1. The number of rotatable bonds is 10. The van der Waals surface area contributed by atoms with Crippen LogP contribution in [0.15, 0.2) is 133 Å². The van der Waals surface area contributed by atoms with Crippen LogP contribution in [0.2, 0.25) is 0 Å². The third-order valence-corrected chi connectivity index (χ3v) is 8.64. The van der Waals surface area contributed by atoms with Gasteiger partial charge >= 0.3 is 11.9 Å². The molecule has 0 aliphatic rings. The number of ether oxygens (including phenoxy) is 2. The van der Waals surface area contributed by atoms with Crippen molar-refractivity contribution in [3.8, 4) is 68.1 Å². The molecule has 0 atom stereocenters. The van der Waals surface area contributed by atoms with E-state index in [1.807, 2.05) is 98.8 Å². The van der Waals surface area contributed by atoms with Crippen molar-refractivity contribution in [2.75, 3.05) is 13.1 Å². The molecule has 0 aromatic heterocycles. The number of aryl methyl sites for hydroxylation is 2. The van der Waals surface area contributed by atoms with Gasteiger partial charge in [0.05, 0.1) is 23.3 Å². The van der Waals surface area contributed by atoms with Crippen molar-refractivity contribution in [1.82, 2.24) is 0 Å². The lowest BCUT2D eigenvalue weighted by molar-refractivity contribution is -0.144. The number of benzene rings is 6. The molecule has 0 saturated carbocycles. The molecule has 0 heterocycles. The van der Waals surface area contributed by atoms with E-state index in [-0.39, 0.29) is 0 Å². The lowest BCUT2D eigenvalue weighted by Gasteiger charge is -2.11.